The lowest BCUT2D eigenvalue weighted by Crippen LogP contribution is -2.48. The Hall–Kier alpha value is -2.78. The van der Waals surface area contributed by atoms with Gasteiger partial charge in [0.05, 0.1) is 28.5 Å². The first-order valence-corrected chi connectivity index (χ1v) is 10.5. The van der Waals surface area contributed by atoms with Crippen molar-refractivity contribution in [2.45, 2.75) is 31.8 Å². The number of hydrogen-bond donors (Lipinski definition) is 2. The lowest BCUT2D eigenvalue weighted by atomic mass is 9.82. The summed E-state index contributed by atoms with van der Waals surface area (Å²) in [7, 11) is 0. The van der Waals surface area contributed by atoms with Crippen molar-refractivity contribution in [3.8, 4) is 10.6 Å². The van der Waals surface area contributed by atoms with Crippen molar-refractivity contribution in [3.05, 3.63) is 46.1 Å². The number of ether oxygens (including phenoxy) is 1. The number of nitrogens with two attached hydrogens (primary N) is 1. The Kier molecular flexibility index (Phi) is 4.36. The summed E-state index contributed by atoms with van der Waals surface area (Å²) in [6, 6.07) is 7.92. The number of nitrogens with zero attached hydrogens (tertiary/aromatic N) is 4. The Morgan fingerprint density at radius 2 is 2.14 bits per heavy atom. The number of aromatic amines is 1. The fraction of sp³-hybridized carbons (Fsp3) is 0.400. The number of fused-ring (bicyclic) bond motifs is 2. The predicted octanol–water partition coefficient (Wildman–Crippen LogP) is 2.52. The number of thiophene rings is 1. The Labute approximate surface area is 172 Å². The quantitative estimate of drug-likeness (QED) is 0.672. The Balaban J connectivity index is 1.40. The minimum absolute atomic E-state index is 0.0721. The van der Waals surface area contributed by atoms with Gasteiger partial charge in [-0.1, -0.05) is 6.07 Å². The van der Waals surface area contributed by atoms with Gasteiger partial charge >= 0.3 is 0 Å². The lowest BCUT2D eigenvalue weighted by Gasteiger charge is -2.43. The normalized spacial score (nSPS) is 18.0. The van der Waals surface area contributed by atoms with Gasteiger partial charge in [-0.3, -0.25) is 4.79 Å². The lowest BCUT2D eigenvalue weighted by molar-refractivity contribution is -0.0926. The third-order valence-electron chi connectivity index (χ3n) is 5.81. The highest BCUT2D eigenvalue weighted by Crippen LogP contribution is 2.46. The zero-order chi connectivity index (χ0) is 20.0. The number of rotatable bonds is 2. The van der Waals surface area contributed by atoms with E-state index in [4.69, 9.17) is 10.5 Å². The Morgan fingerprint density at radius 1 is 1.31 bits per heavy atom. The number of nitrogen functional groups attached to an aromatic ring is 1. The zero-order valence-corrected chi connectivity index (χ0v) is 17.0. The van der Waals surface area contributed by atoms with Gasteiger partial charge in [0.25, 0.3) is 5.91 Å². The van der Waals surface area contributed by atoms with E-state index in [-0.39, 0.29) is 11.5 Å². The van der Waals surface area contributed by atoms with Gasteiger partial charge in [-0.2, -0.15) is 15.4 Å². The number of hydrogen-bond acceptors (Lipinski definition) is 7. The van der Waals surface area contributed by atoms with Gasteiger partial charge in [0.1, 0.15) is 5.82 Å². The van der Waals surface area contributed by atoms with Crippen molar-refractivity contribution < 1.29 is 9.53 Å². The second kappa shape index (κ2) is 6.93. The van der Waals surface area contributed by atoms with Crippen molar-refractivity contribution in [3.63, 3.8) is 0 Å². The van der Waals surface area contributed by atoms with Crippen LogP contribution in [0.25, 0.3) is 10.6 Å². The van der Waals surface area contributed by atoms with Crippen molar-refractivity contribution in [2.75, 3.05) is 25.4 Å². The van der Waals surface area contributed by atoms with E-state index in [1.54, 1.807) is 24.3 Å². The highest BCUT2D eigenvalue weighted by atomic mass is 32.1. The van der Waals surface area contributed by atoms with Crippen molar-refractivity contribution in [1.82, 2.24) is 25.3 Å². The van der Waals surface area contributed by atoms with Crippen LogP contribution in [-0.4, -0.2) is 50.9 Å². The van der Waals surface area contributed by atoms with Crippen LogP contribution in [0.15, 0.2) is 24.3 Å². The van der Waals surface area contributed by atoms with E-state index in [1.165, 1.54) is 10.4 Å². The van der Waals surface area contributed by atoms with Gasteiger partial charge in [0, 0.05) is 24.4 Å². The number of carbonyl (C=O) groups is 1. The molecule has 1 saturated heterocycles. The number of nitrogens with one attached hydrogen (secondary N) is 1. The molecule has 1 amide bonds. The second-order valence-corrected chi connectivity index (χ2v) is 8.67. The summed E-state index contributed by atoms with van der Waals surface area (Å²) < 4.78 is 6.34. The summed E-state index contributed by atoms with van der Waals surface area (Å²) in [6.45, 7) is 3.75. The third-order valence-corrected chi connectivity index (χ3v) is 7.03. The SMILES string of the molecule is Cc1n[nH]nc1C(=O)N1CCC2(CC1)OCCc1sc(-c3cccc(N)n3)cc12. The molecule has 0 radical (unpaired) electrons. The molecule has 8 nitrogen and oxygen atoms in total. The molecule has 0 atom stereocenters. The van der Waals surface area contributed by atoms with Crippen molar-refractivity contribution in [1.29, 1.82) is 0 Å². The number of H-pyrrole nitrogens is 1. The maximum absolute atomic E-state index is 12.8. The first-order chi connectivity index (χ1) is 14.1. The number of aryl methyl sites for hydroxylation is 1. The molecule has 3 aromatic rings. The largest absolute Gasteiger partial charge is 0.384 e. The van der Waals surface area contributed by atoms with Crippen LogP contribution < -0.4 is 5.73 Å². The molecule has 2 aliphatic rings. The molecule has 150 valence electrons. The number of piperidine rings is 1. The molecule has 5 heterocycles. The van der Waals surface area contributed by atoms with Crippen LogP contribution in [0.2, 0.25) is 0 Å². The molecule has 0 aromatic carbocycles. The maximum Gasteiger partial charge on any atom is 0.276 e. The van der Waals surface area contributed by atoms with E-state index in [2.05, 4.69) is 26.5 Å². The molecule has 3 N–H and O–H groups in total. The third kappa shape index (κ3) is 3.10. The molecule has 0 bridgehead atoms. The first kappa shape index (κ1) is 18.3. The monoisotopic (exact) mass is 410 g/mol. The molecule has 2 aliphatic heterocycles. The standard InChI is InChI=1S/C20H22N6O2S/c1-12-18(24-25-23-12)19(27)26-8-6-20(7-9-26)13-11-16(29-15(13)5-10-28-20)14-3-2-4-17(21)22-14/h2-4,11H,5-10H2,1H3,(H2,21,22)(H,23,24,25). The van der Waals surface area contributed by atoms with Crippen LogP contribution in [0.5, 0.6) is 0 Å². The van der Waals surface area contributed by atoms with Crippen LogP contribution in [0.3, 0.4) is 0 Å². The van der Waals surface area contributed by atoms with E-state index in [0.717, 1.165) is 29.8 Å². The number of anilines is 1. The van der Waals surface area contributed by atoms with Crippen LogP contribution in [0, 0.1) is 6.92 Å². The predicted molar refractivity (Wildman–Crippen MR) is 110 cm³/mol. The molecule has 0 unspecified atom stereocenters. The highest BCUT2D eigenvalue weighted by Gasteiger charge is 2.43. The van der Waals surface area contributed by atoms with Gasteiger partial charge in [-0.05, 0) is 43.5 Å². The second-order valence-electron chi connectivity index (χ2n) is 7.54. The molecule has 1 spiro atoms. The minimum atomic E-state index is -0.335. The fourth-order valence-electron chi connectivity index (χ4n) is 4.25. The summed E-state index contributed by atoms with van der Waals surface area (Å²) in [6.07, 6.45) is 2.44. The molecule has 0 aliphatic carbocycles. The number of likely N-dealkylation sites (tertiary alicyclic amines) is 1. The van der Waals surface area contributed by atoms with E-state index in [9.17, 15) is 4.79 Å². The maximum atomic E-state index is 12.8. The number of aromatic nitrogens is 4. The van der Waals surface area contributed by atoms with Crippen LogP contribution in [0.1, 0.15) is 39.5 Å². The van der Waals surface area contributed by atoms with Gasteiger partial charge in [-0.25, -0.2) is 4.98 Å². The zero-order valence-electron chi connectivity index (χ0n) is 16.1. The van der Waals surface area contributed by atoms with Crippen LogP contribution >= 0.6 is 11.3 Å². The Bertz CT molecular complexity index is 1070. The molecular weight excluding hydrogens is 388 g/mol. The molecule has 1 fully saturated rings. The summed E-state index contributed by atoms with van der Waals surface area (Å²) in [5.41, 5.74) is 8.71. The van der Waals surface area contributed by atoms with Crippen LogP contribution in [0.4, 0.5) is 5.82 Å². The average molecular weight is 411 g/mol. The summed E-state index contributed by atoms with van der Waals surface area (Å²) >= 11 is 1.77. The van der Waals surface area contributed by atoms with Gasteiger partial charge < -0.3 is 15.4 Å². The summed E-state index contributed by atoms with van der Waals surface area (Å²) in [4.78, 5) is 21.5. The van der Waals surface area contributed by atoms with Crippen molar-refractivity contribution in [2.24, 2.45) is 0 Å². The van der Waals surface area contributed by atoms with Gasteiger partial charge in [0.15, 0.2) is 5.69 Å². The number of amides is 1. The minimum Gasteiger partial charge on any atom is -0.384 e. The van der Waals surface area contributed by atoms with Crippen molar-refractivity contribution >= 4 is 23.1 Å². The van der Waals surface area contributed by atoms with Gasteiger partial charge in [0.2, 0.25) is 0 Å². The topological polar surface area (TPSA) is 110 Å². The smallest absolute Gasteiger partial charge is 0.276 e. The number of pyridine rings is 1. The number of carbonyl (C=O) groups excluding carboxylic acids is 1. The van der Waals surface area contributed by atoms with E-state index in [0.29, 0.717) is 36.9 Å². The van der Waals surface area contributed by atoms with E-state index in [1.807, 2.05) is 17.0 Å². The molecule has 5 rings (SSSR count). The molecule has 3 aromatic heterocycles. The van der Waals surface area contributed by atoms with Crippen LogP contribution in [-0.2, 0) is 16.8 Å². The Morgan fingerprint density at radius 3 is 2.86 bits per heavy atom. The van der Waals surface area contributed by atoms with E-state index >= 15 is 0 Å². The van der Waals surface area contributed by atoms with E-state index < -0.39 is 0 Å². The molecule has 0 saturated carbocycles. The molecule has 29 heavy (non-hydrogen) atoms. The molecular formula is C20H22N6O2S. The first-order valence-electron chi connectivity index (χ1n) is 9.72. The highest BCUT2D eigenvalue weighted by molar-refractivity contribution is 7.15. The van der Waals surface area contributed by atoms with Gasteiger partial charge in [-0.15, -0.1) is 11.3 Å². The summed E-state index contributed by atoms with van der Waals surface area (Å²) in [5.74, 6) is 0.451. The average Bonchev–Trinajstić information content (AvgIpc) is 3.35. The fourth-order valence-corrected chi connectivity index (χ4v) is 5.45. The molecule has 9 heteroatoms. The summed E-state index contributed by atoms with van der Waals surface area (Å²) in [5, 5.41) is 10.5.